The molecule has 54 valence electrons. The van der Waals surface area contributed by atoms with Gasteiger partial charge in [-0.15, -0.1) is 0 Å². The first-order valence-corrected chi connectivity index (χ1v) is 10.1. The second-order valence-electron chi connectivity index (χ2n) is 2.77. The Balaban J connectivity index is 2.31. The van der Waals surface area contributed by atoms with Gasteiger partial charge in [0.2, 0.25) is 0 Å². The molecule has 0 radical (unpaired) electrons. The molecule has 1 nitrogen and oxygen atoms in total. The Labute approximate surface area is 80.2 Å². The zero-order valence-electron chi connectivity index (χ0n) is 6.01. The predicted molar refractivity (Wildman–Crippen MR) is 44.9 cm³/mol. The van der Waals surface area contributed by atoms with Gasteiger partial charge in [0.05, 0.1) is 0 Å². The van der Waals surface area contributed by atoms with Gasteiger partial charge in [-0.2, -0.15) is 0 Å². The number of hydrogen-bond acceptors (Lipinski definition) is 2. The number of carbonyl (C=O) groups excluding carboxylic acids is 1. The third-order valence-electron chi connectivity index (χ3n) is 2.05. The minimum absolute atomic E-state index is 0.434. The SMILES string of the molecule is O=C([S][Tl])C1CCCCC1. The van der Waals surface area contributed by atoms with Gasteiger partial charge in [0.15, 0.2) is 0 Å². The second kappa shape index (κ2) is 4.75. The molecule has 0 amide bonds. The van der Waals surface area contributed by atoms with Crippen molar-refractivity contribution in [2.75, 3.05) is 0 Å². The van der Waals surface area contributed by atoms with Crippen molar-refractivity contribution in [3.05, 3.63) is 0 Å². The summed E-state index contributed by atoms with van der Waals surface area (Å²) in [6.45, 7) is 0. The van der Waals surface area contributed by atoms with Gasteiger partial charge in [0, 0.05) is 0 Å². The molecule has 1 aliphatic carbocycles. The van der Waals surface area contributed by atoms with Crippen LogP contribution in [-0.2, 0) is 4.79 Å². The molecule has 0 atom stereocenters. The molecule has 0 aromatic carbocycles. The van der Waals surface area contributed by atoms with Crippen LogP contribution in [0.25, 0.3) is 0 Å². The van der Waals surface area contributed by atoms with Gasteiger partial charge in [0.25, 0.3) is 0 Å². The van der Waals surface area contributed by atoms with Crippen molar-refractivity contribution in [1.82, 2.24) is 0 Å². The summed E-state index contributed by atoms with van der Waals surface area (Å²) in [4.78, 5) is 11.2. The van der Waals surface area contributed by atoms with E-state index in [1.165, 1.54) is 32.1 Å². The molecule has 0 aromatic heterocycles. The van der Waals surface area contributed by atoms with E-state index in [-0.39, 0.29) is 0 Å². The summed E-state index contributed by atoms with van der Waals surface area (Å²) in [5, 5.41) is 0.477. The zero-order chi connectivity index (χ0) is 7.40. The topological polar surface area (TPSA) is 17.1 Å². The monoisotopic (exact) mass is 348 g/mol. The Morgan fingerprint density at radius 2 is 1.90 bits per heavy atom. The molecule has 3 heteroatoms. The third-order valence-corrected chi connectivity index (χ3v) is 5.33. The van der Waals surface area contributed by atoms with E-state index in [0.717, 1.165) is 24.3 Å². The van der Waals surface area contributed by atoms with Crippen molar-refractivity contribution in [3.8, 4) is 0 Å². The standard InChI is InChI=1S/C7H12OS.Tl/c8-7(9)6-4-2-1-3-5-6;/h6H,1-5H2,(H,8,9);/q;+1/p-1. The molecule has 0 heterocycles. The predicted octanol–water partition coefficient (Wildman–Crippen LogP) is 1.91. The fraction of sp³-hybridized carbons (Fsp3) is 0.857. The van der Waals surface area contributed by atoms with Gasteiger partial charge in [-0.3, -0.25) is 0 Å². The Bertz CT molecular complexity index is 121. The molecule has 0 spiro atoms. The fourth-order valence-corrected chi connectivity index (χ4v) is 4.11. The number of hydrogen-bond donors (Lipinski definition) is 0. The van der Waals surface area contributed by atoms with Crippen LogP contribution in [0.1, 0.15) is 32.1 Å². The molecular formula is C7H11OSTl. The van der Waals surface area contributed by atoms with Crippen molar-refractivity contribution in [2.24, 2.45) is 5.92 Å². The van der Waals surface area contributed by atoms with Crippen molar-refractivity contribution in [2.45, 2.75) is 32.1 Å². The van der Waals surface area contributed by atoms with E-state index in [1.54, 1.807) is 8.31 Å². The molecule has 0 aromatic rings. The van der Waals surface area contributed by atoms with E-state index >= 15 is 0 Å². The summed E-state index contributed by atoms with van der Waals surface area (Å²) in [5.41, 5.74) is 0. The first-order chi connectivity index (χ1) is 4.84. The van der Waals surface area contributed by atoms with E-state index in [1.807, 2.05) is 0 Å². The van der Waals surface area contributed by atoms with Gasteiger partial charge in [-0.25, -0.2) is 0 Å². The fourth-order valence-electron chi connectivity index (χ4n) is 1.43. The zero-order valence-corrected chi connectivity index (χ0v) is 11.3. The summed E-state index contributed by atoms with van der Waals surface area (Å²) in [6.07, 6.45) is 6.23. The van der Waals surface area contributed by atoms with Crippen LogP contribution in [0.4, 0.5) is 0 Å². The van der Waals surface area contributed by atoms with Crippen LogP contribution >= 0.6 is 8.31 Å². The second-order valence-corrected chi connectivity index (χ2v) is 6.16. The summed E-state index contributed by atoms with van der Waals surface area (Å²) in [7, 11) is 1.56. The average Bonchev–Trinajstić information content (AvgIpc) is 2.05. The molecule has 1 aliphatic rings. The van der Waals surface area contributed by atoms with Crippen molar-refractivity contribution < 1.29 is 4.79 Å². The van der Waals surface area contributed by atoms with Crippen molar-refractivity contribution in [1.29, 1.82) is 0 Å². The molecule has 10 heavy (non-hydrogen) atoms. The molecule has 1 rings (SSSR count). The summed E-state index contributed by atoms with van der Waals surface area (Å²) in [5.74, 6) is 0.434. The molecule has 0 bridgehead atoms. The van der Waals surface area contributed by atoms with Crippen molar-refractivity contribution >= 4 is 37.7 Å². The number of rotatable bonds is 1. The Kier molecular flexibility index (Phi) is 4.29. The van der Waals surface area contributed by atoms with Crippen LogP contribution in [0.2, 0.25) is 0 Å². The molecule has 0 saturated heterocycles. The van der Waals surface area contributed by atoms with Gasteiger partial charge < -0.3 is 0 Å². The summed E-state index contributed by atoms with van der Waals surface area (Å²) < 4.78 is 0. The van der Waals surface area contributed by atoms with Crippen LogP contribution in [0.15, 0.2) is 0 Å². The third kappa shape index (κ3) is 2.53. The molecule has 0 N–H and O–H groups in total. The average molecular weight is 348 g/mol. The Hall–Kier alpha value is 0.942. The summed E-state index contributed by atoms with van der Waals surface area (Å²) >= 11 is 0.791. The first-order valence-electron chi connectivity index (χ1n) is 3.75. The van der Waals surface area contributed by atoms with Gasteiger partial charge in [-0.05, 0) is 0 Å². The quantitative estimate of drug-likeness (QED) is 0.674. The van der Waals surface area contributed by atoms with Crippen LogP contribution in [0.5, 0.6) is 0 Å². The van der Waals surface area contributed by atoms with E-state index in [0.29, 0.717) is 11.0 Å². The van der Waals surface area contributed by atoms with E-state index < -0.39 is 0 Å². The van der Waals surface area contributed by atoms with Crippen LogP contribution in [0, 0.1) is 5.92 Å². The first kappa shape index (κ1) is 9.03. The summed E-state index contributed by atoms with van der Waals surface area (Å²) in [6, 6.07) is 0. The Morgan fingerprint density at radius 1 is 1.30 bits per heavy atom. The molecule has 0 unspecified atom stereocenters. The van der Waals surface area contributed by atoms with E-state index in [4.69, 9.17) is 0 Å². The normalized spacial score (nSPS) is 20.7. The van der Waals surface area contributed by atoms with Gasteiger partial charge in [0.1, 0.15) is 0 Å². The van der Waals surface area contributed by atoms with Crippen LogP contribution in [0.3, 0.4) is 0 Å². The van der Waals surface area contributed by atoms with E-state index in [9.17, 15) is 4.79 Å². The minimum atomic E-state index is 0.434. The maximum absolute atomic E-state index is 11.2. The molecule has 0 aliphatic heterocycles. The number of carbonyl (C=O) groups is 1. The van der Waals surface area contributed by atoms with Gasteiger partial charge in [-0.1, -0.05) is 0 Å². The molecule has 1 saturated carbocycles. The Morgan fingerprint density at radius 3 is 2.40 bits per heavy atom. The van der Waals surface area contributed by atoms with Crippen molar-refractivity contribution in [3.63, 3.8) is 0 Å². The van der Waals surface area contributed by atoms with Crippen LogP contribution in [-0.4, -0.2) is 29.4 Å². The maximum atomic E-state index is 11.2. The van der Waals surface area contributed by atoms with Crippen LogP contribution < -0.4 is 0 Å². The van der Waals surface area contributed by atoms with Gasteiger partial charge >= 0.3 is 80.5 Å². The van der Waals surface area contributed by atoms with E-state index in [2.05, 4.69) is 0 Å². The molecular weight excluding hydrogens is 337 g/mol. The molecule has 1 fully saturated rings.